The maximum absolute atomic E-state index is 13.7. The van der Waals surface area contributed by atoms with E-state index < -0.39 is 0 Å². The highest BCUT2D eigenvalue weighted by atomic mass is 32.1. The molecule has 5 nitrogen and oxygen atoms in total. The SMILES string of the molecule is COc1ccc(-c2nc3ccccc3c(C(=O)Nc3nc(-c4ccc(-c5ccccc5)cc4)cs3)c2C)cc1. The van der Waals surface area contributed by atoms with Crippen LogP contribution in [0.4, 0.5) is 5.13 Å². The lowest BCUT2D eigenvalue weighted by Crippen LogP contribution is -2.15. The number of nitrogens with zero attached hydrogens (tertiary/aromatic N) is 2. The van der Waals surface area contributed by atoms with Crippen molar-refractivity contribution >= 4 is 33.3 Å². The van der Waals surface area contributed by atoms with E-state index in [9.17, 15) is 4.79 Å². The van der Waals surface area contributed by atoms with Gasteiger partial charge in [0.15, 0.2) is 5.13 Å². The highest BCUT2D eigenvalue weighted by molar-refractivity contribution is 7.14. The van der Waals surface area contributed by atoms with Gasteiger partial charge in [-0.2, -0.15) is 0 Å². The molecule has 1 amide bonds. The Morgan fingerprint density at radius 1 is 0.744 bits per heavy atom. The quantitative estimate of drug-likeness (QED) is 0.237. The molecule has 0 bridgehead atoms. The molecular formula is C33H25N3O2S. The van der Waals surface area contributed by atoms with Crippen molar-refractivity contribution < 1.29 is 9.53 Å². The van der Waals surface area contributed by atoms with Crippen molar-refractivity contribution in [3.05, 3.63) is 120 Å². The molecule has 2 aromatic heterocycles. The van der Waals surface area contributed by atoms with E-state index in [4.69, 9.17) is 14.7 Å². The number of aromatic nitrogens is 2. The molecule has 0 aliphatic carbocycles. The predicted octanol–water partition coefficient (Wildman–Crippen LogP) is 8.26. The Morgan fingerprint density at radius 3 is 2.13 bits per heavy atom. The van der Waals surface area contributed by atoms with Crippen LogP contribution in [-0.2, 0) is 0 Å². The number of carbonyl (C=O) groups is 1. The normalized spacial score (nSPS) is 10.9. The molecule has 0 atom stereocenters. The van der Waals surface area contributed by atoms with Gasteiger partial charge in [-0.3, -0.25) is 10.1 Å². The van der Waals surface area contributed by atoms with E-state index in [1.54, 1.807) is 7.11 Å². The number of ether oxygens (including phenoxy) is 1. The van der Waals surface area contributed by atoms with E-state index in [-0.39, 0.29) is 5.91 Å². The lowest BCUT2D eigenvalue weighted by atomic mass is 9.97. The van der Waals surface area contributed by atoms with Crippen molar-refractivity contribution in [2.45, 2.75) is 6.92 Å². The molecule has 0 saturated heterocycles. The molecule has 4 aromatic carbocycles. The van der Waals surface area contributed by atoms with Crippen molar-refractivity contribution in [1.82, 2.24) is 9.97 Å². The first kappa shape index (κ1) is 24.5. The number of hydrogen-bond acceptors (Lipinski definition) is 5. The van der Waals surface area contributed by atoms with Gasteiger partial charge in [0.2, 0.25) is 0 Å². The largest absolute Gasteiger partial charge is 0.497 e. The zero-order chi connectivity index (χ0) is 26.8. The average molecular weight is 528 g/mol. The maximum Gasteiger partial charge on any atom is 0.258 e. The van der Waals surface area contributed by atoms with E-state index in [2.05, 4.69) is 41.7 Å². The molecule has 0 unspecified atom stereocenters. The standard InChI is InChI=1S/C33H25N3O2S/c1-21-30(27-10-6-7-11-28(27)34-31(21)25-16-18-26(38-2)19-17-25)32(37)36-33-35-29(20-39-33)24-14-12-23(13-15-24)22-8-4-3-5-9-22/h3-20H,1-2H3,(H,35,36,37). The number of pyridine rings is 1. The van der Waals surface area contributed by atoms with E-state index in [1.807, 2.05) is 79.0 Å². The van der Waals surface area contributed by atoms with Gasteiger partial charge < -0.3 is 4.74 Å². The Morgan fingerprint density at radius 2 is 1.38 bits per heavy atom. The molecule has 1 N–H and O–H groups in total. The van der Waals surface area contributed by atoms with Gasteiger partial charge >= 0.3 is 0 Å². The number of methoxy groups -OCH3 is 1. The topological polar surface area (TPSA) is 64.1 Å². The van der Waals surface area contributed by atoms with Crippen LogP contribution in [-0.4, -0.2) is 23.0 Å². The molecule has 0 aliphatic heterocycles. The summed E-state index contributed by atoms with van der Waals surface area (Å²) in [4.78, 5) is 23.3. The van der Waals surface area contributed by atoms with Gasteiger partial charge in [0.1, 0.15) is 5.75 Å². The minimum Gasteiger partial charge on any atom is -0.497 e. The van der Waals surface area contributed by atoms with Gasteiger partial charge in [-0.1, -0.05) is 72.8 Å². The minimum atomic E-state index is -0.207. The monoisotopic (exact) mass is 527 g/mol. The summed E-state index contributed by atoms with van der Waals surface area (Å²) < 4.78 is 5.30. The van der Waals surface area contributed by atoms with E-state index in [1.165, 1.54) is 16.9 Å². The number of benzene rings is 4. The number of anilines is 1. The minimum absolute atomic E-state index is 0.207. The van der Waals surface area contributed by atoms with Gasteiger partial charge in [0.05, 0.1) is 29.6 Å². The molecule has 39 heavy (non-hydrogen) atoms. The molecule has 0 fully saturated rings. The summed E-state index contributed by atoms with van der Waals surface area (Å²) in [5.74, 6) is 0.561. The Labute approximate surface area is 230 Å². The van der Waals surface area contributed by atoms with E-state index >= 15 is 0 Å². The molecule has 6 aromatic rings. The van der Waals surface area contributed by atoms with Crippen LogP contribution in [0.3, 0.4) is 0 Å². The van der Waals surface area contributed by atoms with Crippen molar-refractivity contribution in [2.24, 2.45) is 0 Å². The Bertz CT molecular complexity index is 1780. The predicted molar refractivity (Wildman–Crippen MR) is 159 cm³/mol. The summed E-state index contributed by atoms with van der Waals surface area (Å²) in [6.07, 6.45) is 0. The van der Waals surface area contributed by atoms with Gasteiger partial charge in [-0.25, -0.2) is 9.97 Å². The van der Waals surface area contributed by atoms with Crippen LogP contribution >= 0.6 is 11.3 Å². The second-order valence-corrected chi connectivity index (χ2v) is 10.00. The molecule has 6 heteroatoms. The lowest BCUT2D eigenvalue weighted by Gasteiger charge is -2.14. The first-order valence-corrected chi connectivity index (χ1v) is 13.4. The second-order valence-electron chi connectivity index (χ2n) is 9.14. The number of nitrogens with one attached hydrogen (secondary N) is 1. The summed E-state index contributed by atoms with van der Waals surface area (Å²) in [5, 5.41) is 6.36. The third-order valence-corrected chi connectivity index (χ3v) is 7.50. The number of rotatable bonds is 6. The smallest absolute Gasteiger partial charge is 0.258 e. The fourth-order valence-corrected chi connectivity index (χ4v) is 5.43. The van der Waals surface area contributed by atoms with E-state index in [0.717, 1.165) is 50.3 Å². The van der Waals surface area contributed by atoms with Gasteiger partial charge in [0.25, 0.3) is 5.91 Å². The number of hydrogen-bond donors (Lipinski definition) is 1. The number of carbonyl (C=O) groups excluding carboxylic acids is 1. The first-order valence-electron chi connectivity index (χ1n) is 12.6. The fourth-order valence-electron chi connectivity index (χ4n) is 4.72. The molecule has 2 heterocycles. The van der Waals surface area contributed by atoms with Crippen LogP contribution in [0.5, 0.6) is 5.75 Å². The van der Waals surface area contributed by atoms with Crippen LogP contribution in [0.25, 0.3) is 44.5 Å². The van der Waals surface area contributed by atoms with Crippen molar-refractivity contribution in [2.75, 3.05) is 12.4 Å². The summed E-state index contributed by atoms with van der Waals surface area (Å²) in [6, 6.07) is 34.0. The number of thiazole rings is 1. The fraction of sp³-hybridized carbons (Fsp3) is 0.0606. The molecular weight excluding hydrogens is 502 g/mol. The van der Waals surface area contributed by atoms with Gasteiger partial charge in [-0.15, -0.1) is 11.3 Å². The van der Waals surface area contributed by atoms with Crippen LogP contribution in [0.2, 0.25) is 0 Å². The first-order chi connectivity index (χ1) is 19.1. The zero-order valence-electron chi connectivity index (χ0n) is 21.5. The summed E-state index contributed by atoms with van der Waals surface area (Å²) in [7, 11) is 1.64. The third kappa shape index (κ3) is 4.90. The summed E-state index contributed by atoms with van der Waals surface area (Å²) >= 11 is 1.41. The van der Waals surface area contributed by atoms with Gasteiger partial charge in [-0.05, 0) is 53.9 Å². The van der Waals surface area contributed by atoms with Crippen LogP contribution in [0, 0.1) is 6.92 Å². The zero-order valence-corrected chi connectivity index (χ0v) is 22.3. The molecule has 6 rings (SSSR count). The van der Waals surface area contributed by atoms with Crippen LogP contribution in [0.1, 0.15) is 15.9 Å². The van der Waals surface area contributed by atoms with E-state index in [0.29, 0.717) is 10.7 Å². The molecule has 0 aliphatic rings. The van der Waals surface area contributed by atoms with Crippen molar-refractivity contribution in [1.29, 1.82) is 0 Å². The van der Waals surface area contributed by atoms with Crippen molar-refractivity contribution in [3.8, 4) is 39.4 Å². The lowest BCUT2D eigenvalue weighted by molar-refractivity contribution is 0.102. The average Bonchev–Trinajstić information content (AvgIpc) is 3.45. The Hall–Kier alpha value is -4.81. The number of amides is 1. The van der Waals surface area contributed by atoms with Crippen molar-refractivity contribution in [3.63, 3.8) is 0 Å². The molecule has 0 saturated carbocycles. The Balaban J connectivity index is 1.30. The van der Waals surface area contributed by atoms with Crippen LogP contribution in [0.15, 0.2) is 109 Å². The van der Waals surface area contributed by atoms with Crippen LogP contribution < -0.4 is 10.1 Å². The number of para-hydroxylation sites is 1. The summed E-state index contributed by atoms with van der Waals surface area (Å²) in [5.41, 5.74) is 7.99. The highest BCUT2D eigenvalue weighted by Gasteiger charge is 2.20. The number of fused-ring (bicyclic) bond motifs is 1. The second kappa shape index (κ2) is 10.5. The summed E-state index contributed by atoms with van der Waals surface area (Å²) in [6.45, 7) is 1.94. The third-order valence-electron chi connectivity index (χ3n) is 6.74. The highest BCUT2D eigenvalue weighted by Crippen LogP contribution is 2.32. The van der Waals surface area contributed by atoms with Gasteiger partial charge in [0, 0.05) is 21.9 Å². The molecule has 0 spiro atoms. The molecule has 190 valence electrons. The Kier molecular flexibility index (Phi) is 6.61. The maximum atomic E-state index is 13.7. The molecule has 0 radical (unpaired) electrons.